The van der Waals surface area contributed by atoms with Gasteiger partial charge in [-0.1, -0.05) is 15.9 Å². The van der Waals surface area contributed by atoms with Gasteiger partial charge in [0.25, 0.3) is 5.91 Å². The van der Waals surface area contributed by atoms with E-state index in [4.69, 9.17) is 0 Å². The summed E-state index contributed by atoms with van der Waals surface area (Å²) in [5.74, 6) is -0.0469. The number of thiol groups is 1. The van der Waals surface area contributed by atoms with Crippen LogP contribution in [0.3, 0.4) is 0 Å². The summed E-state index contributed by atoms with van der Waals surface area (Å²) >= 11 is 7.70. The van der Waals surface area contributed by atoms with Gasteiger partial charge in [0.05, 0.1) is 5.56 Å². The van der Waals surface area contributed by atoms with Crippen molar-refractivity contribution < 1.29 is 4.79 Å². The number of hydrogen-bond donors (Lipinski definition) is 1. The Labute approximate surface area is 126 Å². The summed E-state index contributed by atoms with van der Waals surface area (Å²) < 4.78 is 0.908. The van der Waals surface area contributed by atoms with E-state index in [1.165, 1.54) is 0 Å². The Morgan fingerprint density at radius 1 is 1.32 bits per heavy atom. The zero-order valence-corrected chi connectivity index (χ0v) is 12.9. The standard InChI is InChI=1S/C14H13BrN2OS/c1-17(9-10-4-6-16-7-5-10)14(18)12-3-2-11(15)8-13(12)19/h2-8,19H,9H2,1H3. The maximum Gasteiger partial charge on any atom is 0.255 e. The molecule has 0 bridgehead atoms. The minimum Gasteiger partial charge on any atom is -0.337 e. The van der Waals surface area contributed by atoms with E-state index in [0.29, 0.717) is 17.0 Å². The number of pyridine rings is 1. The molecule has 0 atom stereocenters. The van der Waals surface area contributed by atoms with Crippen LogP contribution in [0.5, 0.6) is 0 Å². The first-order chi connectivity index (χ1) is 9.08. The van der Waals surface area contributed by atoms with Crippen LogP contribution in [0.15, 0.2) is 52.1 Å². The summed E-state index contributed by atoms with van der Waals surface area (Å²) in [6, 6.07) is 9.22. The summed E-state index contributed by atoms with van der Waals surface area (Å²) in [4.78, 5) is 18.6. The van der Waals surface area contributed by atoms with Crippen molar-refractivity contribution in [1.29, 1.82) is 0 Å². The molecule has 1 amide bonds. The van der Waals surface area contributed by atoms with E-state index >= 15 is 0 Å². The molecule has 0 saturated heterocycles. The van der Waals surface area contributed by atoms with Crippen molar-refractivity contribution in [2.75, 3.05) is 7.05 Å². The normalized spacial score (nSPS) is 10.3. The van der Waals surface area contributed by atoms with Crippen LogP contribution in [0.25, 0.3) is 0 Å². The smallest absolute Gasteiger partial charge is 0.255 e. The van der Waals surface area contributed by atoms with Crippen LogP contribution < -0.4 is 0 Å². The average molecular weight is 337 g/mol. The lowest BCUT2D eigenvalue weighted by molar-refractivity contribution is 0.0781. The summed E-state index contributed by atoms with van der Waals surface area (Å²) in [6.07, 6.45) is 3.44. The number of aromatic nitrogens is 1. The van der Waals surface area contributed by atoms with Crippen LogP contribution in [0, 0.1) is 0 Å². The first-order valence-electron chi connectivity index (χ1n) is 5.71. The van der Waals surface area contributed by atoms with Crippen molar-refractivity contribution in [2.45, 2.75) is 11.4 Å². The first kappa shape index (κ1) is 14.1. The van der Waals surface area contributed by atoms with E-state index in [-0.39, 0.29) is 5.91 Å². The van der Waals surface area contributed by atoms with Gasteiger partial charge in [0, 0.05) is 35.4 Å². The van der Waals surface area contributed by atoms with Crippen molar-refractivity contribution in [3.63, 3.8) is 0 Å². The Kier molecular flexibility index (Phi) is 4.61. The Morgan fingerprint density at radius 2 is 2.00 bits per heavy atom. The van der Waals surface area contributed by atoms with E-state index < -0.39 is 0 Å². The molecular weight excluding hydrogens is 324 g/mol. The highest BCUT2D eigenvalue weighted by atomic mass is 79.9. The number of hydrogen-bond acceptors (Lipinski definition) is 3. The van der Waals surface area contributed by atoms with Crippen molar-refractivity contribution >= 4 is 34.5 Å². The number of halogens is 1. The molecule has 0 spiro atoms. The number of carbonyl (C=O) groups excluding carboxylic acids is 1. The maximum absolute atomic E-state index is 12.3. The molecule has 1 aromatic heterocycles. The molecule has 0 radical (unpaired) electrons. The molecule has 0 aliphatic rings. The molecule has 0 N–H and O–H groups in total. The Bertz CT molecular complexity index is 589. The second-order valence-electron chi connectivity index (χ2n) is 4.18. The van der Waals surface area contributed by atoms with E-state index in [0.717, 1.165) is 10.0 Å². The van der Waals surface area contributed by atoms with Gasteiger partial charge in [-0.25, -0.2) is 0 Å². The molecule has 3 nitrogen and oxygen atoms in total. The molecule has 0 aliphatic carbocycles. The Morgan fingerprint density at radius 3 is 2.63 bits per heavy atom. The summed E-state index contributed by atoms with van der Waals surface area (Å²) in [5, 5.41) is 0. The molecule has 98 valence electrons. The van der Waals surface area contributed by atoms with Gasteiger partial charge in [-0.05, 0) is 35.9 Å². The van der Waals surface area contributed by atoms with Crippen LogP contribution in [0.2, 0.25) is 0 Å². The number of benzene rings is 1. The molecule has 5 heteroatoms. The molecule has 19 heavy (non-hydrogen) atoms. The number of nitrogens with zero attached hydrogens (tertiary/aromatic N) is 2. The van der Waals surface area contributed by atoms with E-state index in [1.807, 2.05) is 24.3 Å². The van der Waals surface area contributed by atoms with Crippen molar-refractivity contribution in [2.24, 2.45) is 0 Å². The topological polar surface area (TPSA) is 33.2 Å². The van der Waals surface area contributed by atoms with Gasteiger partial charge in [-0.2, -0.15) is 0 Å². The number of carbonyl (C=O) groups is 1. The quantitative estimate of drug-likeness (QED) is 0.871. The lowest BCUT2D eigenvalue weighted by Crippen LogP contribution is -2.26. The molecule has 1 aromatic carbocycles. The Hall–Kier alpha value is -1.33. The fraction of sp³-hybridized carbons (Fsp3) is 0.143. The highest BCUT2D eigenvalue weighted by Gasteiger charge is 2.14. The van der Waals surface area contributed by atoms with E-state index in [2.05, 4.69) is 33.5 Å². The predicted octanol–water partition coefficient (Wildman–Crippen LogP) is 3.41. The van der Waals surface area contributed by atoms with Crippen molar-refractivity contribution in [3.05, 3.63) is 58.3 Å². The van der Waals surface area contributed by atoms with Crippen LogP contribution in [-0.4, -0.2) is 22.8 Å². The minimum atomic E-state index is -0.0469. The van der Waals surface area contributed by atoms with Crippen LogP contribution in [0.4, 0.5) is 0 Å². The average Bonchev–Trinajstić information content (AvgIpc) is 2.39. The Balaban J connectivity index is 2.15. The highest BCUT2D eigenvalue weighted by Crippen LogP contribution is 2.21. The fourth-order valence-electron chi connectivity index (χ4n) is 1.73. The van der Waals surface area contributed by atoms with Gasteiger partial charge in [0.15, 0.2) is 0 Å². The molecule has 0 fully saturated rings. The zero-order chi connectivity index (χ0) is 13.8. The van der Waals surface area contributed by atoms with Crippen LogP contribution in [0.1, 0.15) is 15.9 Å². The van der Waals surface area contributed by atoms with Gasteiger partial charge >= 0.3 is 0 Å². The summed E-state index contributed by atoms with van der Waals surface area (Å²) in [5.41, 5.74) is 1.65. The van der Waals surface area contributed by atoms with Crippen molar-refractivity contribution in [3.8, 4) is 0 Å². The highest BCUT2D eigenvalue weighted by molar-refractivity contribution is 9.10. The molecule has 2 rings (SSSR count). The zero-order valence-electron chi connectivity index (χ0n) is 10.4. The molecule has 0 unspecified atom stereocenters. The molecule has 2 aromatic rings. The summed E-state index contributed by atoms with van der Waals surface area (Å²) in [7, 11) is 1.78. The fourth-order valence-corrected chi connectivity index (χ4v) is 2.57. The van der Waals surface area contributed by atoms with Gasteiger partial charge in [0.2, 0.25) is 0 Å². The second kappa shape index (κ2) is 6.21. The molecule has 0 aliphatic heterocycles. The van der Waals surface area contributed by atoms with Gasteiger partial charge in [-0.3, -0.25) is 9.78 Å². The SMILES string of the molecule is CN(Cc1ccncc1)C(=O)c1ccc(Br)cc1S. The molecule has 0 saturated carbocycles. The monoisotopic (exact) mass is 336 g/mol. The van der Waals surface area contributed by atoms with Crippen LogP contribution >= 0.6 is 28.6 Å². The third-order valence-electron chi connectivity index (χ3n) is 2.71. The van der Waals surface area contributed by atoms with Crippen LogP contribution in [-0.2, 0) is 6.54 Å². The van der Waals surface area contributed by atoms with Gasteiger partial charge in [-0.15, -0.1) is 12.6 Å². The van der Waals surface area contributed by atoms with Gasteiger partial charge < -0.3 is 4.90 Å². The predicted molar refractivity (Wildman–Crippen MR) is 81.4 cm³/mol. The largest absolute Gasteiger partial charge is 0.337 e. The molecule has 1 heterocycles. The lowest BCUT2D eigenvalue weighted by atomic mass is 10.2. The van der Waals surface area contributed by atoms with E-state index in [9.17, 15) is 4.79 Å². The van der Waals surface area contributed by atoms with Crippen molar-refractivity contribution in [1.82, 2.24) is 9.88 Å². The first-order valence-corrected chi connectivity index (χ1v) is 6.95. The summed E-state index contributed by atoms with van der Waals surface area (Å²) in [6.45, 7) is 0.546. The lowest BCUT2D eigenvalue weighted by Gasteiger charge is -2.18. The van der Waals surface area contributed by atoms with Gasteiger partial charge in [0.1, 0.15) is 0 Å². The van der Waals surface area contributed by atoms with E-state index in [1.54, 1.807) is 30.4 Å². The maximum atomic E-state index is 12.3. The molecular formula is C14H13BrN2OS. The number of amides is 1. The minimum absolute atomic E-state index is 0.0469. The number of rotatable bonds is 3. The third-order valence-corrected chi connectivity index (χ3v) is 3.57. The third kappa shape index (κ3) is 3.58. The second-order valence-corrected chi connectivity index (χ2v) is 5.58.